The molecule has 56 valence electrons. The molecule has 1 heterocycles. The van der Waals surface area contributed by atoms with Gasteiger partial charge in [0.05, 0.1) is 0 Å². The number of aryl methyl sites for hydroxylation is 1. The van der Waals surface area contributed by atoms with E-state index in [0.29, 0.717) is 4.60 Å². The standard InChI is InChI=1S/C5H5BrN2O2.Li.H/c1-8-3(5(9)10)2-4(6)7-8;;/h2H,1H3,(H,9,10);;. The molecule has 0 amide bonds. The first-order valence-electron chi connectivity index (χ1n) is 2.54. The molecule has 0 aliphatic heterocycles. The van der Waals surface area contributed by atoms with Gasteiger partial charge in [0, 0.05) is 13.1 Å². The van der Waals surface area contributed by atoms with Crippen molar-refractivity contribution >= 4 is 40.8 Å². The van der Waals surface area contributed by atoms with E-state index < -0.39 is 5.97 Å². The fourth-order valence-corrected chi connectivity index (χ4v) is 1.09. The summed E-state index contributed by atoms with van der Waals surface area (Å²) in [5, 5.41) is 12.3. The van der Waals surface area contributed by atoms with Crippen LogP contribution in [0.1, 0.15) is 10.5 Å². The number of carbonyl (C=O) groups is 1. The summed E-state index contributed by atoms with van der Waals surface area (Å²) in [7, 11) is 1.58. The molecule has 0 fully saturated rings. The Balaban J connectivity index is 0.000001000. The number of aromatic carboxylic acids is 1. The van der Waals surface area contributed by atoms with Crippen LogP contribution >= 0.6 is 15.9 Å². The summed E-state index contributed by atoms with van der Waals surface area (Å²) < 4.78 is 1.83. The molecule has 0 unspecified atom stereocenters. The van der Waals surface area contributed by atoms with Crippen LogP contribution in [-0.2, 0) is 7.05 Å². The predicted molar refractivity (Wildman–Crippen MR) is 45.0 cm³/mol. The van der Waals surface area contributed by atoms with Gasteiger partial charge in [-0.25, -0.2) is 4.79 Å². The molecule has 1 aromatic heterocycles. The molecule has 0 spiro atoms. The van der Waals surface area contributed by atoms with E-state index in [-0.39, 0.29) is 24.6 Å². The van der Waals surface area contributed by atoms with Gasteiger partial charge >= 0.3 is 24.8 Å². The third-order valence-electron chi connectivity index (χ3n) is 1.07. The van der Waals surface area contributed by atoms with E-state index in [9.17, 15) is 4.79 Å². The summed E-state index contributed by atoms with van der Waals surface area (Å²) in [6, 6.07) is 1.45. The molecule has 1 rings (SSSR count). The third-order valence-corrected chi connectivity index (χ3v) is 1.46. The van der Waals surface area contributed by atoms with Crippen molar-refractivity contribution in [3.63, 3.8) is 0 Å². The first-order chi connectivity index (χ1) is 4.61. The van der Waals surface area contributed by atoms with Crippen molar-refractivity contribution in [1.29, 1.82) is 0 Å². The predicted octanol–water partition coefficient (Wildman–Crippen LogP) is 0.232. The van der Waals surface area contributed by atoms with Crippen LogP contribution in [0.15, 0.2) is 10.7 Å². The number of nitrogens with zero attached hydrogens (tertiary/aromatic N) is 2. The van der Waals surface area contributed by atoms with E-state index in [1.807, 2.05) is 0 Å². The van der Waals surface area contributed by atoms with Crippen LogP contribution in [-0.4, -0.2) is 39.7 Å². The Bertz CT molecular complexity index is 273. The van der Waals surface area contributed by atoms with Crippen molar-refractivity contribution in [3.8, 4) is 0 Å². The zero-order valence-electron chi connectivity index (χ0n) is 5.21. The van der Waals surface area contributed by atoms with E-state index in [2.05, 4.69) is 21.0 Å². The van der Waals surface area contributed by atoms with Gasteiger partial charge in [0.2, 0.25) is 0 Å². The van der Waals surface area contributed by atoms with Crippen molar-refractivity contribution in [2.75, 3.05) is 0 Å². The van der Waals surface area contributed by atoms with Crippen molar-refractivity contribution < 1.29 is 9.90 Å². The zero-order valence-corrected chi connectivity index (χ0v) is 6.79. The van der Waals surface area contributed by atoms with Gasteiger partial charge in [-0.2, -0.15) is 5.10 Å². The average Bonchev–Trinajstić information content (AvgIpc) is 2.10. The van der Waals surface area contributed by atoms with E-state index in [0.717, 1.165) is 0 Å². The van der Waals surface area contributed by atoms with E-state index in [1.165, 1.54) is 10.7 Å². The molecular formula is C5H6BrLiN2O2. The normalized spacial score (nSPS) is 8.91. The number of carboxylic acid groups (broad SMARTS) is 1. The van der Waals surface area contributed by atoms with Crippen LogP contribution in [0.5, 0.6) is 0 Å². The number of hydrogen-bond donors (Lipinski definition) is 1. The Hall–Kier alpha value is -0.243. The first-order valence-corrected chi connectivity index (χ1v) is 3.33. The Morgan fingerprint density at radius 1 is 1.82 bits per heavy atom. The molecule has 0 aliphatic carbocycles. The number of aromatic nitrogens is 2. The van der Waals surface area contributed by atoms with Crippen molar-refractivity contribution in [3.05, 3.63) is 16.4 Å². The first kappa shape index (κ1) is 10.8. The Morgan fingerprint density at radius 2 is 2.36 bits per heavy atom. The molecule has 0 radical (unpaired) electrons. The fraction of sp³-hybridized carbons (Fsp3) is 0.200. The Labute approximate surface area is 83.9 Å². The minimum absolute atomic E-state index is 0. The van der Waals surface area contributed by atoms with Gasteiger partial charge in [-0.05, 0) is 15.9 Å². The SMILES string of the molecule is Cn1nc(Br)cc1C(=O)O.[LiH]. The minimum atomic E-state index is -0.972. The molecule has 4 nitrogen and oxygen atoms in total. The second-order valence-corrected chi connectivity index (χ2v) is 2.59. The second kappa shape index (κ2) is 3.95. The number of hydrogen-bond acceptors (Lipinski definition) is 2. The van der Waals surface area contributed by atoms with Crippen LogP contribution in [0.3, 0.4) is 0 Å². The molecule has 1 N–H and O–H groups in total. The fourth-order valence-electron chi connectivity index (χ4n) is 0.632. The van der Waals surface area contributed by atoms with Gasteiger partial charge in [0.1, 0.15) is 10.3 Å². The van der Waals surface area contributed by atoms with Gasteiger partial charge in [-0.15, -0.1) is 0 Å². The molecule has 0 bridgehead atoms. The van der Waals surface area contributed by atoms with Crippen LogP contribution in [0.2, 0.25) is 0 Å². The molecule has 11 heavy (non-hydrogen) atoms. The van der Waals surface area contributed by atoms with Gasteiger partial charge in [0.15, 0.2) is 0 Å². The molecular weight excluding hydrogens is 207 g/mol. The molecule has 1 aromatic rings. The molecule has 0 aliphatic rings. The summed E-state index contributed by atoms with van der Waals surface area (Å²) in [4.78, 5) is 10.4. The van der Waals surface area contributed by atoms with Gasteiger partial charge in [-0.3, -0.25) is 4.68 Å². The second-order valence-electron chi connectivity index (χ2n) is 1.78. The quantitative estimate of drug-likeness (QED) is 0.679. The monoisotopic (exact) mass is 212 g/mol. The zero-order chi connectivity index (χ0) is 7.72. The topological polar surface area (TPSA) is 55.1 Å². The molecule has 6 heteroatoms. The summed E-state index contributed by atoms with van der Waals surface area (Å²) in [5.41, 5.74) is 0.173. The van der Waals surface area contributed by atoms with Crippen LogP contribution in [0.4, 0.5) is 0 Å². The Morgan fingerprint density at radius 3 is 2.55 bits per heavy atom. The number of rotatable bonds is 1. The van der Waals surface area contributed by atoms with Crippen LogP contribution in [0.25, 0.3) is 0 Å². The van der Waals surface area contributed by atoms with Gasteiger partial charge < -0.3 is 5.11 Å². The molecule has 0 saturated carbocycles. The Kier molecular flexibility index (Phi) is 3.87. The van der Waals surface area contributed by atoms with Crippen molar-refractivity contribution in [1.82, 2.24) is 9.78 Å². The number of halogens is 1. The average molecular weight is 213 g/mol. The van der Waals surface area contributed by atoms with Crippen LogP contribution < -0.4 is 0 Å². The van der Waals surface area contributed by atoms with E-state index in [1.54, 1.807) is 7.05 Å². The van der Waals surface area contributed by atoms with Gasteiger partial charge in [0.25, 0.3) is 0 Å². The summed E-state index contributed by atoms with van der Waals surface area (Å²) >= 11 is 3.06. The van der Waals surface area contributed by atoms with Crippen LogP contribution in [0, 0.1) is 0 Å². The van der Waals surface area contributed by atoms with Gasteiger partial charge in [-0.1, -0.05) is 0 Å². The number of carboxylic acids is 1. The van der Waals surface area contributed by atoms with Crippen molar-refractivity contribution in [2.24, 2.45) is 7.05 Å². The van der Waals surface area contributed by atoms with E-state index >= 15 is 0 Å². The summed E-state index contributed by atoms with van der Waals surface area (Å²) in [5.74, 6) is -0.972. The molecule has 0 aromatic carbocycles. The summed E-state index contributed by atoms with van der Waals surface area (Å²) in [6.07, 6.45) is 0. The van der Waals surface area contributed by atoms with E-state index in [4.69, 9.17) is 5.11 Å². The molecule has 0 saturated heterocycles. The van der Waals surface area contributed by atoms with Crippen molar-refractivity contribution in [2.45, 2.75) is 0 Å². The maximum atomic E-state index is 10.4. The summed E-state index contributed by atoms with van der Waals surface area (Å²) in [6.45, 7) is 0. The molecule has 0 atom stereocenters. The third kappa shape index (κ3) is 2.36. The maximum absolute atomic E-state index is 10.4.